The Morgan fingerprint density at radius 2 is 1.81 bits per heavy atom. The summed E-state index contributed by atoms with van der Waals surface area (Å²) < 4.78 is 6.40. The summed E-state index contributed by atoms with van der Waals surface area (Å²) in [6.07, 6.45) is 1.69. The van der Waals surface area contributed by atoms with E-state index in [1.165, 1.54) is 25.3 Å². The summed E-state index contributed by atoms with van der Waals surface area (Å²) in [7, 11) is 1.30. The number of nitrogens with two attached hydrogens (primary N) is 1. The predicted octanol–water partition coefficient (Wildman–Crippen LogP) is 3.30. The molecule has 2 aromatic carbocycles. The first kappa shape index (κ1) is 19.8. The van der Waals surface area contributed by atoms with E-state index >= 15 is 0 Å². The van der Waals surface area contributed by atoms with Gasteiger partial charge in [0.15, 0.2) is 5.82 Å². The number of ether oxygens (including phenoxy) is 1. The molecule has 0 unspecified atom stereocenters. The van der Waals surface area contributed by atoms with Crippen LogP contribution in [0.5, 0.6) is 0 Å². The van der Waals surface area contributed by atoms with Crippen LogP contribution in [0, 0.1) is 0 Å². The van der Waals surface area contributed by atoms with E-state index in [0.29, 0.717) is 22.3 Å². The van der Waals surface area contributed by atoms with Gasteiger partial charge < -0.3 is 15.6 Å². The van der Waals surface area contributed by atoms with E-state index in [0.717, 1.165) is 0 Å². The molecule has 3 N–H and O–H groups in total. The summed E-state index contributed by atoms with van der Waals surface area (Å²) in [4.78, 5) is 41.1. The van der Waals surface area contributed by atoms with Gasteiger partial charge in [0.1, 0.15) is 0 Å². The number of imidazole rings is 1. The molecule has 0 aliphatic heterocycles. The summed E-state index contributed by atoms with van der Waals surface area (Å²) in [6.45, 7) is 0. The van der Waals surface area contributed by atoms with Gasteiger partial charge in [0.2, 0.25) is 5.78 Å². The number of ketones is 1. The summed E-state index contributed by atoms with van der Waals surface area (Å²) in [5.41, 5.74) is 7.91. The van der Waals surface area contributed by atoms with Gasteiger partial charge in [0, 0.05) is 23.0 Å². The normalized spacial score (nSPS) is 10.7. The van der Waals surface area contributed by atoms with Gasteiger partial charge in [-0.25, -0.2) is 14.6 Å². The standard InChI is InChI=1S/C23H17N3O5/c1-31-23(30)15-6-4-5-13(11-15)19-18-7-2-3-10-26(18)21(25-19)20(27)14-8-9-17(24)16(12-14)22(28)29/h2-12H,24H2,1H3,(H,28,29). The quantitative estimate of drug-likeness (QED) is 0.291. The fourth-order valence-electron chi connectivity index (χ4n) is 3.33. The number of fused-ring (bicyclic) bond motifs is 1. The molecule has 0 aliphatic carbocycles. The molecular formula is C23H17N3O5. The van der Waals surface area contributed by atoms with Crippen LogP contribution in [0.4, 0.5) is 5.69 Å². The van der Waals surface area contributed by atoms with Crippen molar-refractivity contribution in [3.05, 3.63) is 89.4 Å². The van der Waals surface area contributed by atoms with Gasteiger partial charge in [-0.2, -0.15) is 0 Å². The number of methoxy groups -OCH3 is 1. The topological polar surface area (TPSA) is 124 Å². The molecule has 2 aromatic heterocycles. The van der Waals surface area contributed by atoms with Gasteiger partial charge in [-0.15, -0.1) is 0 Å². The van der Waals surface area contributed by atoms with E-state index in [1.807, 2.05) is 6.07 Å². The van der Waals surface area contributed by atoms with Gasteiger partial charge in [-0.3, -0.25) is 9.20 Å². The fraction of sp³-hybridized carbons (Fsp3) is 0.0435. The van der Waals surface area contributed by atoms with Crippen molar-refractivity contribution in [2.45, 2.75) is 0 Å². The molecule has 0 fully saturated rings. The minimum Gasteiger partial charge on any atom is -0.478 e. The van der Waals surface area contributed by atoms with Crippen LogP contribution in [0.15, 0.2) is 66.9 Å². The van der Waals surface area contributed by atoms with Gasteiger partial charge in [0.05, 0.1) is 29.4 Å². The zero-order valence-electron chi connectivity index (χ0n) is 16.4. The predicted molar refractivity (Wildman–Crippen MR) is 113 cm³/mol. The lowest BCUT2D eigenvalue weighted by Gasteiger charge is -2.04. The Bertz CT molecular complexity index is 1360. The van der Waals surface area contributed by atoms with Crippen molar-refractivity contribution in [3.63, 3.8) is 0 Å². The van der Waals surface area contributed by atoms with Crippen molar-refractivity contribution >= 4 is 28.9 Å². The van der Waals surface area contributed by atoms with Crippen molar-refractivity contribution in [3.8, 4) is 11.3 Å². The van der Waals surface area contributed by atoms with Crippen LogP contribution < -0.4 is 5.73 Å². The molecule has 31 heavy (non-hydrogen) atoms. The maximum absolute atomic E-state index is 13.2. The molecule has 0 radical (unpaired) electrons. The molecule has 0 bridgehead atoms. The van der Waals surface area contributed by atoms with Gasteiger partial charge in [0.25, 0.3) is 0 Å². The molecule has 0 saturated heterocycles. The number of carboxylic acid groups (broad SMARTS) is 1. The van der Waals surface area contributed by atoms with E-state index in [-0.39, 0.29) is 22.6 Å². The number of esters is 1. The number of aromatic nitrogens is 2. The highest BCUT2D eigenvalue weighted by atomic mass is 16.5. The molecule has 4 aromatic rings. The van der Waals surface area contributed by atoms with Crippen LogP contribution in [-0.4, -0.2) is 39.3 Å². The summed E-state index contributed by atoms with van der Waals surface area (Å²) in [5.74, 6) is -2.06. The third-order valence-corrected chi connectivity index (χ3v) is 4.85. The zero-order chi connectivity index (χ0) is 22.1. The SMILES string of the molecule is COC(=O)c1cccc(-c2nc(C(=O)c3ccc(N)c(C(=O)O)c3)n3ccccc23)c1. The highest BCUT2D eigenvalue weighted by Crippen LogP contribution is 2.27. The number of hydrogen-bond acceptors (Lipinski definition) is 6. The number of hydrogen-bond donors (Lipinski definition) is 2. The van der Waals surface area contributed by atoms with Crippen LogP contribution in [0.25, 0.3) is 16.8 Å². The van der Waals surface area contributed by atoms with Gasteiger partial charge in [-0.1, -0.05) is 18.2 Å². The van der Waals surface area contributed by atoms with Crippen LogP contribution in [0.2, 0.25) is 0 Å². The van der Waals surface area contributed by atoms with Gasteiger partial charge >= 0.3 is 11.9 Å². The second-order valence-electron chi connectivity index (χ2n) is 6.75. The number of rotatable bonds is 5. The molecule has 4 rings (SSSR count). The van der Waals surface area contributed by atoms with E-state index in [4.69, 9.17) is 10.5 Å². The van der Waals surface area contributed by atoms with Crippen LogP contribution >= 0.6 is 0 Å². The van der Waals surface area contributed by atoms with E-state index in [1.54, 1.807) is 47.0 Å². The Hall–Kier alpha value is -4.46. The van der Waals surface area contributed by atoms with Crippen LogP contribution in [-0.2, 0) is 4.74 Å². The van der Waals surface area contributed by atoms with E-state index in [2.05, 4.69) is 4.98 Å². The first-order valence-corrected chi connectivity index (χ1v) is 9.24. The third-order valence-electron chi connectivity index (χ3n) is 4.85. The lowest BCUT2D eigenvalue weighted by molar-refractivity contribution is 0.0599. The maximum Gasteiger partial charge on any atom is 0.337 e. The number of benzene rings is 2. The fourth-order valence-corrected chi connectivity index (χ4v) is 3.33. The Morgan fingerprint density at radius 1 is 1.00 bits per heavy atom. The highest BCUT2D eigenvalue weighted by molar-refractivity contribution is 6.10. The van der Waals surface area contributed by atoms with Crippen molar-refractivity contribution in [1.82, 2.24) is 9.38 Å². The van der Waals surface area contributed by atoms with Crippen LogP contribution in [0.3, 0.4) is 0 Å². The lowest BCUT2D eigenvalue weighted by Crippen LogP contribution is -2.10. The zero-order valence-corrected chi connectivity index (χ0v) is 16.4. The second-order valence-corrected chi connectivity index (χ2v) is 6.75. The minimum absolute atomic E-state index is 0.0670. The first-order chi connectivity index (χ1) is 14.9. The van der Waals surface area contributed by atoms with Crippen molar-refractivity contribution in [2.24, 2.45) is 0 Å². The van der Waals surface area contributed by atoms with Crippen molar-refractivity contribution in [2.75, 3.05) is 12.8 Å². The van der Waals surface area contributed by atoms with E-state index in [9.17, 15) is 19.5 Å². The molecule has 0 amide bonds. The second kappa shape index (κ2) is 7.75. The van der Waals surface area contributed by atoms with Gasteiger partial charge in [-0.05, 0) is 42.5 Å². The van der Waals surface area contributed by atoms with Crippen LogP contribution in [0.1, 0.15) is 36.9 Å². The molecule has 0 aliphatic rings. The number of aromatic carboxylic acids is 1. The average Bonchev–Trinajstić information content (AvgIpc) is 3.18. The third kappa shape index (κ3) is 3.51. The number of anilines is 1. The number of carboxylic acids is 1. The number of nitrogens with zero attached hydrogens (tertiary/aromatic N) is 2. The van der Waals surface area contributed by atoms with E-state index < -0.39 is 17.7 Å². The lowest BCUT2D eigenvalue weighted by atomic mass is 10.1. The molecule has 154 valence electrons. The molecule has 0 saturated carbocycles. The number of pyridine rings is 1. The maximum atomic E-state index is 13.2. The molecule has 8 heteroatoms. The smallest absolute Gasteiger partial charge is 0.337 e. The largest absolute Gasteiger partial charge is 0.478 e. The Kier molecular flexibility index (Phi) is 4.96. The van der Waals surface area contributed by atoms with Crippen molar-refractivity contribution in [1.29, 1.82) is 0 Å². The Labute approximate surface area is 176 Å². The Balaban J connectivity index is 1.87. The minimum atomic E-state index is -1.22. The van der Waals surface area contributed by atoms with Crippen molar-refractivity contribution < 1.29 is 24.2 Å². The summed E-state index contributed by atoms with van der Waals surface area (Å²) in [5, 5.41) is 9.31. The number of nitrogen functional groups attached to an aromatic ring is 1. The Morgan fingerprint density at radius 3 is 2.55 bits per heavy atom. The average molecular weight is 415 g/mol. The molecule has 2 heterocycles. The summed E-state index contributed by atoms with van der Waals surface area (Å²) >= 11 is 0. The number of carbonyl (C=O) groups is 3. The monoisotopic (exact) mass is 415 g/mol. The number of carbonyl (C=O) groups excluding carboxylic acids is 2. The molecule has 0 atom stereocenters. The summed E-state index contributed by atoms with van der Waals surface area (Å²) in [6, 6.07) is 16.2. The molecule has 0 spiro atoms. The first-order valence-electron chi connectivity index (χ1n) is 9.24. The molecule has 8 nitrogen and oxygen atoms in total. The molecular weight excluding hydrogens is 398 g/mol. The highest BCUT2D eigenvalue weighted by Gasteiger charge is 2.22.